The number of benzene rings is 1. The van der Waals surface area contributed by atoms with Gasteiger partial charge in [-0.1, -0.05) is 18.2 Å². The Bertz CT molecular complexity index is 923. The molecule has 1 aromatic carbocycles. The fourth-order valence-corrected chi connectivity index (χ4v) is 6.41. The number of nitrogens with one attached hydrogen (secondary N) is 2. The molecular weight excluding hydrogens is 320 g/mol. The quantitative estimate of drug-likeness (QED) is 0.596. The molecule has 0 saturated carbocycles. The molecule has 3 saturated heterocycles. The topological polar surface area (TPSA) is 87.0 Å². The standard InChI is InChI=1S/C19H20N2O4/c22-17(23)18-9-25-19(24)11-5-7-21(8-6-13(18)19)15(11)14-10-3-1-2-4-12(10)20-16(14)18/h1-4,11,13,15,20,24H,5-9H2,(H,22,23)/p+1. The number of para-hydroxylation sites is 1. The number of aromatic nitrogens is 1. The third-order valence-electron chi connectivity index (χ3n) is 7.41. The molecule has 3 aliphatic heterocycles. The van der Waals surface area contributed by atoms with E-state index in [4.69, 9.17) is 4.74 Å². The zero-order valence-electron chi connectivity index (χ0n) is 13.8. The van der Waals surface area contributed by atoms with Crippen LogP contribution in [0.15, 0.2) is 24.3 Å². The molecule has 4 heterocycles. The van der Waals surface area contributed by atoms with Gasteiger partial charge < -0.3 is 24.8 Å². The van der Waals surface area contributed by atoms with Crippen LogP contribution < -0.4 is 4.90 Å². The Labute approximate surface area is 144 Å². The fourth-order valence-electron chi connectivity index (χ4n) is 6.41. The fraction of sp³-hybridized carbons (Fsp3) is 0.526. The van der Waals surface area contributed by atoms with E-state index in [1.54, 1.807) is 0 Å². The van der Waals surface area contributed by atoms with Gasteiger partial charge in [0.2, 0.25) is 0 Å². The zero-order chi connectivity index (χ0) is 17.0. The van der Waals surface area contributed by atoms with E-state index in [1.165, 1.54) is 4.90 Å². The summed E-state index contributed by atoms with van der Waals surface area (Å²) in [6.45, 7) is 1.94. The summed E-state index contributed by atoms with van der Waals surface area (Å²) in [6.07, 6.45) is 1.56. The number of aromatic amines is 1. The van der Waals surface area contributed by atoms with E-state index < -0.39 is 23.1 Å². The van der Waals surface area contributed by atoms with Crippen molar-refractivity contribution < 1.29 is 24.6 Å². The number of H-pyrrole nitrogens is 1. The van der Waals surface area contributed by atoms with Crippen molar-refractivity contribution in [2.45, 2.75) is 30.1 Å². The van der Waals surface area contributed by atoms with Crippen LogP contribution >= 0.6 is 0 Å². The monoisotopic (exact) mass is 341 g/mol. The molecular formula is C19H21N2O4+. The Morgan fingerprint density at radius 1 is 1.28 bits per heavy atom. The summed E-state index contributed by atoms with van der Waals surface area (Å²) in [6, 6.07) is 8.17. The molecule has 6 atom stereocenters. The van der Waals surface area contributed by atoms with Crippen LogP contribution in [0.25, 0.3) is 10.9 Å². The summed E-state index contributed by atoms with van der Waals surface area (Å²) < 4.78 is 5.95. The first-order valence-corrected chi connectivity index (χ1v) is 9.13. The minimum Gasteiger partial charge on any atom is -0.480 e. The average molecular weight is 341 g/mol. The summed E-state index contributed by atoms with van der Waals surface area (Å²) in [5.41, 5.74) is 1.68. The largest absolute Gasteiger partial charge is 0.480 e. The summed E-state index contributed by atoms with van der Waals surface area (Å²) in [5.74, 6) is -2.67. The Kier molecular flexibility index (Phi) is 2.43. The number of fused-ring (bicyclic) bond motifs is 4. The highest BCUT2D eigenvalue weighted by Gasteiger charge is 2.73. The van der Waals surface area contributed by atoms with Crippen LogP contribution in [0.2, 0.25) is 0 Å². The van der Waals surface area contributed by atoms with Gasteiger partial charge in [-0.15, -0.1) is 0 Å². The molecule has 6 heteroatoms. The van der Waals surface area contributed by atoms with E-state index in [0.29, 0.717) is 6.42 Å². The number of aliphatic carboxylic acids is 1. The molecule has 4 aliphatic rings. The lowest BCUT2D eigenvalue weighted by atomic mass is 9.69. The number of carbonyl (C=O) groups is 1. The molecule has 6 bridgehead atoms. The van der Waals surface area contributed by atoms with Gasteiger partial charge in [-0.25, -0.2) is 0 Å². The molecule has 3 fully saturated rings. The summed E-state index contributed by atoms with van der Waals surface area (Å²) in [7, 11) is 0. The molecule has 25 heavy (non-hydrogen) atoms. The summed E-state index contributed by atoms with van der Waals surface area (Å²) in [5, 5.41) is 22.9. The first-order valence-electron chi connectivity index (χ1n) is 9.13. The van der Waals surface area contributed by atoms with Gasteiger partial charge in [0.1, 0.15) is 11.5 Å². The lowest BCUT2D eigenvalue weighted by molar-refractivity contribution is -0.920. The molecule has 0 spiro atoms. The number of quaternary nitrogens is 1. The van der Waals surface area contributed by atoms with Gasteiger partial charge >= 0.3 is 5.97 Å². The van der Waals surface area contributed by atoms with Crippen LogP contribution in [0.4, 0.5) is 0 Å². The second-order valence-corrected chi connectivity index (χ2v) is 8.15. The first kappa shape index (κ1) is 14.3. The van der Waals surface area contributed by atoms with Crippen molar-refractivity contribution in [1.29, 1.82) is 0 Å². The van der Waals surface area contributed by atoms with E-state index in [9.17, 15) is 15.0 Å². The van der Waals surface area contributed by atoms with Crippen LogP contribution in [-0.2, 0) is 14.9 Å². The first-order chi connectivity index (χ1) is 12.1. The van der Waals surface area contributed by atoms with Gasteiger partial charge in [0.25, 0.3) is 0 Å². The minimum absolute atomic E-state index is 0.0435. The highest BCUT2D eigenvalue weighted by molar-refractivity contribution is 5.91. The molecule has 6 rings (SSSR count). The minimum atomic E-state index is -1.33. The van der Waals surface area contributed by atoms with Crippen molar-refractivity contribution in [3.8, 4) is 0 Å². The number of rotatable bonds is 1. The maximum Gasteiger partial charge on any atom is 0.318 e. The maximum atomic E-state index is 12.6. The van der Waals surface area contributed by atoms with Crippen LogP contribution in [0.3, 0.4) is 0 Å². The van der Waals surface area contributed by atoms with E-state index in [1.807, 2.05) is 18.2 Å². The predicted molar refractivity (Wildman–Crippen MR) is 88.2 cm³/mol. The molecule has 6 unspecified atom stereocenters. The van der Waals surface area contributed by atoms with Crippen molar-refractivity contribution in [2.24, 2.45) is 11.8 Å². The third-order valence-corrected chi connectivity index (χ3v) is 7.41. The van der Waals surface area contributed by atoms with Gasteiger partial charge in [0, 0.05) is 40.9 Å². The summed E-state index contributed by atoms with van der Waals surface area (Å²) >= 11 is 0. The number of carboxylic acids is 1. The highest BCUT2D eigenvalue weighted by Crippen LogP contribution is 2.60. The molecule has 4 N–H and O–H groups in total. The average Bonchev–Trinajstić information content (AvgIpc) is 3.19. The number of hydrogen-bond acceptors (Lipinski definition) is 3. The summed E-state index contributed by atoms with van der Waals surface area (Å²) in [4.78, 5) is 17.5. The Morgan fingerprint density at radius 3 is 2.92 bits per heavy atom. The third kappa shape index (κ3) is 1.39. The Morgan fingerprint density at radius 2 is 2.08 bits per heavy atom. The van der Waals surface area contributed by atoms with Crippen molar-refractivity contribution in [1.82, 2.24) is 4.98 Å². The predicted octanol–water partition coefficient (Wildman–Crippen LogP) is 0.189. The number of carboxylic acid groups (broad SMARTS) is 1. The maximum absolute atomic E-state index is 12.6. The van der Waals surface area contributed by atoms with Gasteiger partial charge in [-0.2, -0.15) is 0 Å². The van der Waals surface area contributed by atoms with E-state index >= 15 is 0 Å². The normalized spacial score (nSPS) is 43.9. The number of hydrogen-bond donors (Lipinski definition) is 4. The van der Waals surface area contributed by atoms with Crippen molar-refractivity contribution in [3.63, 3.8) is 0 Å². The van der Waals surface area contributed by atoms with Crippen LogP contribution in [0.1, 0.15) is 30.1 Å². The zero-order valence-corrected chi connectivity index (χ0v) is 13.8. The molecule has 0 amide bonds. The number of ether oxygens (including phenoxy) is 1. The molecule has 1 aromatic heterocycles. The van der Waals surface area contributed by atoms with Gasteiger partial charge in [-0.3, -0.25) is 4.79 Å². The van der Waals surface area contributed by atoms with Gasteiger partial charge in [0.05, 0.1) is 25.6 Å². The van der Waals surface area contributed by atoms with E-state index in [2.05, 4.69) is 11.1 Å². The molecule has 1 aliphatic carbocycles. The molecule has 0 radical (unpaired) electrons. The Hall–Kier alpha value is -1.89. The molecule has 130 valence electrons. The SMILES string of the molecule is O=C(O)C12COC3(O)C4CC[NH+](CCC13)C4c1c2[nH]c2ccccc12. The van der Waals surface area contributed by atoms with Gasteiger partial charge in [0.15, 0.2) is 5.79 Å². The van der Waals surface area contributed by atoms with Crippen LogP contribution in [0.5, 0.6) is 0 Å². The van der Waals surface area contributed by atoms with Gasteiger partial charge in [-0.05, 0) is 6.07 Å². The number of aliphatic hydroxyl groups is 1. The van der Waals surface area contributed by atoms with Crippen LogP contribution in [0, 0.1) is 11.8 Å². The van der Waals surface area contributed by atoms with Crippen molar-refractivity contribution in [2.75, 3.05) is 19.7 Å². The van der Waals surface area contributed by atoms with Crippen molar-refractivity contribution >= 4 is 16.9 Å². The smallest absolute Gasteiger partial charge is 0.318 e. The van der Waals surface area contributed by atoms with Crippen LogP contribution in [-0.4, -0.2) is 46.6 Å². The van der Waals surface area contributed by atoms with E-state index in [0.717, 1.165) is 41.7 Å². The highest BCUT2D eigenvalue weighted by atomic mass is 16.6. The second-order valence-electron chi connectivity index (χ2n) is 8.15. The molecule has 2 aromatic rings. The second kappa shape index (κ2) is 4.26. The lowest BCUT2D eigenvalue weighted by Gasteiger charge is -2.35. The Balaban J connectivity index is 1.78. The van der Waals surface area contributed by atoms with E-state index in [-0.39, 0.29) is 18.6 Å². The lowest BCUT2D eigenvalue weighted by Crippen LogP contribution is -3.10. The van der Waals surface area contributed by atoms with Crippen molar-refractivity contribution in [3.05, 3.63) is 35.5 Å². The molecule has 6 nitrogen and oxygen atoms in total.